The predicted octanol–water partition coefficient (Wildman–Crippen LogP) is 2.34. The number of esters is 1. The molecule has 0 aromatic carbocycles. The van der Waals surface area contributed by atoms with Crippen LogP contribution in [-0.2, 0) is 19.1 Å². The molecule has 22 heavy (non-hydrogen) atoms. The minimum atomic E-state index is -0.851. The summed E-state index contributed by atoms with van der Waals surface area (Å²) < 4.78 is 10.4. The van der Waals surface area contributed by atoms with Crippen LogP contribution in [0.25, 0.3) is 0 Å². The van der Waals surface area contributed by atoms with Gasteiger partial charge in [-0.3, -0.25) is 0 Å². The summed E-state index contributed by atoms with van der Waals surface area (Å²) >= 11 is 0. The maximum absolute atomic E-state index is 12.1. The first-order chi connectivity index (χ1) is 9.94. The minimum absolute atomic E-state index is 0.235. The first-order valence-electron chi connectivity index (χ1n) is 7.20. The zero-order chi connectivity index (χ0) is 17.4. The molecule has 0 spiro atoms. The topological polar surface area (TPSA) is 94.1 Å². The van der Waals surface area contributed by atoms with E-state index >= 15 is 0 Å². The average molecular weight is 314 g/mol. The van der Waals surface area contributed by atoms with Gasteiger partial charge in [0.15, 0.2) is 0 Å². The second-order valence-corrected chi connectivity index (χ2v) is 6.85. The molecule has 0 saturated heterocycles. The van der Waals surface area contributed by atoms with Crippen molar-refractivity contribution in [2.75, 3.05) is 6.54 Å². The number of hydrogen-bond donors (Lipinski definition) is 1. The van der Waals surface area contributed by atoms with E-state index in [9.17, 15) is 14.4 Å². The molecule has 7 heteroatoms. The molecule has 0 rings (SSSR count). The summed E-state index contributed by atoms with van der Waals surface area (Å²) in [6.45, 7) is 10.7. The van der Waals surface area contributed by atoms with Gasteiger partial charge in [0.1, 0.15) is 17.2 Å². The largest absolute Gasteiger partial charge is 0.458 e. The van der Waals surface area contributed by atoms with Gasteiger partial charge in [0, 0.05) is 0 Å². The number of ether oxygens (including phenoxy) is 2. The molecule has 1 N–H and O–H groups in total. The quantitative estimate of drug-likeness (QED) is 0.351. The minimum Gasteiger partial charge on any atom is -0.458 e. The molecule has 0 aromatic heterocycles. The summed E-state index contributed by atoms with van der Waals surface area (Å²) in [7, 11) is 0. The Bertz CT molecular complexity index is 428. The fraction of sp³-hybridized carbons (Fsp3) is 0.800. The molecular formula is C15H26N2O5. The summed E-state index contributed by atoms with van der Waals surface area (Å²) in [6.07, 6.45) is 1.47. The van der Waals surface area contributed by atoms with Gasteiger partial charge < -0.3 is 14.8 Å². The molecule has 0 radical (unpaired) electrons. The molecule has 0 heterocycles. The van der Waals surface area contributed by atoms with Crippen molar-refractivity contribution >= 4 is 18.1 Å². The zero-order valence-corrected chi connectivity index (χ0v) is 14.2. The number of hydrogen-bond acceptors (Lipinski definition) is 6. The van der Waals surface area contributed by atoms with E-state index in [1.807, 2.05) is 0 Å². The van der Waals surface area contributed by atoms with Gasteiger partial charge in [0.2, 0.25) is 6.08 Å². The number of carbonyl (C=O) groups excluding carboxylic acids is 3. The van der Waals surface area contributed by atoms with Crippen molar-refractivity contribution in [2.45, 2.75) is 71.6 Å². The Hall–Kier alpha value is -1.88. The van der Waals surface area contributed by atoms with Crippen LogP contribution >= 0.6 is 0 Å². The van der Waals surface area contributed by atoms with Gasteiger partial charge in [-0.25, -0.2) is 19.4 Å². The van der Waals surface area contributed by atoms with E-state index in [4.69, 9.17) is 9.47 Å². The molecule has 0 aliphatic heterocycles. The molecule has 126 valence electrons. The molecule has 0 saturated carbocycles. The lowest BCUT2D eigenvalue weighted by molar-refractivity contribution is -0.157. The second kappa shape index (κ2) is 8.54. The maximum Gasteiger partial charge on any atom is 0.408 e. The number of aliphatic imine (C=N–C) groups is 1. The SMILES string of the molecule is CC(C)(C)OC(=O)N[C@@H](CCCN=C=O)C(=O)OC(C)(C)C. The fourth-order valence-electron chi connectivity index (χ4n) is 1.49. The maximum atomic E-state index is 12.1. The van der Waals surface area contributed by atoms with Gasteiger partial charge in [-0.2, -0.15) is 0 Å². The van der Waals surface area contributed by atoms with Crippen LogP contribution < -0.4 is 5.32 Å². The fourth-order valence-corrected chi connectivity index (χ4v) is 1.49. The lowest BCUT2D eigenvalue weighted by atomic mass is 10.1. The predicted molar refractivity (Wildman–Crippen MR) is 81.2 cm³/mol. The standard InChI is InChI=1S/C15H26N2O5/c1-14(2,3)21-12(19)11(8-7-9-16-10-18)17-13(20)22-15(4,5)6/h11H,7-9H2,1-6H3,(H,17,20)/t11-/m0/s1. The summed E-state index contributed by atoms with van der Waals surface area (Å²) in [6, 6.07) is -0.851. The van der Waals surface area contributed by atoms with E-state index in [1.54, 1.807) is 41.5 Å². The smallest absolute Gasteiger partial charge is 0.408 e. The van der Waals surface area contributed by atoms with Crippen molar-refractivity contribution in [3.8, 4) is 0 Å². The van der Waals surface area contributed by atoms with E-state index in [2.05, 4.69) is 10.3 Å². The summed E-state index contributed by atoms with van der Waals surface area (Å²) in [5.74, 6) is -0.548. The second-order valence-electron chi connectivity index (χ2n) is 6.85. The van der Waals surface area contributed by atoms with Crippen molar-refractivity contribution in [2.24, 2.45) is 4.99 Å². The summed E-state index contributed by atoms with van der Waals surface area (Å²) in [4.78, 5) is 37.4. The van der Waals surface area contributed by atoms with Crippen LogP contribution in [0.2, 0.25) is 0 Å². The van der Waals surface area contributed by atoms with E-state index in [1.165, 1.54) is 6.08 Å². The van der Waals surface area contributed by atoms with Crippen LogP contribution in [0.3, 0.4) is 0 Å². The molecule has 1 atom stereocenters. The highest BCUT2D eigenvalue weighted by Crippen LogP contribution is 2.12. The number of isocyanates is 1. The van der Waals surface area contributed by atoms with Gasteiger partial charge in [-0.05, 0) is 54.4 Å². The molecule has 0 unspecified atom stereocenters. The van der Waals surface area contributed by atoms with Crippen LogP contribution in [-0.4, -0.2) is 41.9 Å². The lowest BCUT2D eigenvalue weighted by Gasteiger charge is -2.26. The number of carbonyl (C=O) groups is 2. The van der Waals surface area contributed by atoms with Crippen molar-refractivity contribution < 1.29 is 23.9 Å². The Labute approximate surface area is 131 Å². The van der Waals surface area contributed by atoms with E-state index < -0.39 is 29.3 Å². The van der Waals surface area contributed by atoms with Gasteiger partial charge in [0.05, 0.1) is 6.54 Å². The third-order valence-electron chi connectivity index (χ3n) is 2.21. The summed E-state index contributed by atoms with van der Waals surface area (Å²) in [5, 5.41) is 2.50. The zero-order valence-electron chi connectivity index (χ0n) is 14.2. The first kappa shape index (κ1) is 20.1. The Kier molecular flexibility index (Phi) is 7.81. The Balaban J connectivity index is 4.73. The van der Waals surface area contributed by atoms with Gasteiger partial charge in [-0.1, -0.05) is 0 Å². The molecule has 0 bridgehead atoms. The molecule has 0 aliphatic rings. The van der Waals surface area contributed by atoms with Crippen molar-refractivity contribution in [1.29, 1.82) is 0 Å². The van der Waals surface area contributed by atoms with Gasteiger partial charge in [-0.15, -0.1) is 0 Å². The van der Waals surface area contributed by atoms with Crippen molar-refractivity contribution in [1.82, 2.24) is 5.32 Å². The lowest BCUT2D eigenvalue weighted by Crippen LogP contribution is -2.46. The molecule has 0 aromatic rings. The third kappa shape index (κ3) is 10.9. The van der Waals surface area contributed by atoms with E-state index in [-0.39, 0.29) is 6.54 Å². The monoisotopic (exact) mass is 314 g/mol. The number of rotatable bonds is 6. The number of alkyl carbamates (subject to hydrolysis) is 1. The van der Waals surface area contributed by atoms with Gasteiger partial charge >= 0.3 is 12.1 Å². The van der Waals surface area contributed by atoms with Crippen LogP contribution in [0.5, 0.6) is 0 Å². The van der Waals surface area contributed by atoms with Crippen molar-refractivity contribution in [3.05, 3.63) is 0 Å². The Morgan fingerprint density at radius 2 is 1.64 bits per heavy atom. The average Bonchev–Trinajstić information content (AvgIpc) is 2.28. The first-order valence-corrected chi connectivity index (χ1v) is 7.20. The molecule has 1 amide bonds. The molecular weight excluding hydrogens is 288 g/mol. The molecule has 7 nitrogen and oxygen atoms in total. The molecule has 0 fully saturated rings. The highest BCUT2D eigenvalue weighted by atomic mass is 16.6. The normalized spacial score (nSPS) is 12.8. The van der Waals surface area contributed by atoms with E-state index in [0.29, 0.717) is 12.8 Å². The number of nitrogens with one attached hydrogen (secondary N) is 1. The highest BCUT2D eigenvalue weighted by molar-refractivity contribution is 5.81. The number of amides is 1. The number of nitrogens with zero attached hydrogens (tertiary/aromatic N) is 1. The van der Waals surface area contributed by atoms with Crippen LogP contribution in [0, 0.1) is 0 Å². The third-order valence-corrected chi connectivity index (χ3v) is 2.21. The van der Waals surface area contributed by atoms with Gasteiger partial charge in [0.25, 0.3) is 0 Å². The Morgan fingerprint density at radius 1 is 1.09 bits per heavy atom. The van der Waals surface area contributed by atoms with E-state index in [0.717, 1.165) is 0 Å². The van der Waals surface area contributed by atoms with Crippen LogP contribution in [0.4, 0.5) is 4.79 Å². The van der Waals surface area contributed by atoms with Crippen molar-refractivity contribution in [3.63, 3.8) is 0 Å². The Morgan fingerprint density at radius 3 is 2.09 bits per heavy atom. The highest BCUT2D eigenvalue weighted by Gasteiger charge is 2.28. The molecule has 0 aliphatic carbocycles. The summed E-state index contributed by atoms with van der Waals surface area (Å²) in [5.41, 5.74) is -1.32. The van der Waals surface area contributed by atoms with Crippen LogP contribution in [0.1, 0.15) is 54.4 Å². The van der Waals surface area contributed by atoms with Crippen LogP contribution in [0.15, 0.2) is 4.99 Å².